The Bertz CT molecular complexity index is 793. The molecule has 0 bridgehead atoms. The van der Waals surface area contributed by atoms with Gasteiger partial charge in [0.2, 0.25) is 0 Å². The molecule has 0 saturated heterocycles. The number of halogens is 2. The van der Waals surface area contributed by atoms with Gasteiger partial charge in [-0.3, -0.25) is 0 Å². The van der Waals surface area contributed by atoms with Crippen molar-refractivity contribution in [3.05, 3.63) is 40.0 Å². The van der Waals surface area contributed by atoms with Gasteiger partial charge in [-0.25, -0.2) is 13.1 Å². The van der Waals surface area contributed by atoms with Crippen LogP contribution in [0.4, 0.5) is 0 Å². The molecule has 2 rings (SSSR count). The van der Waals surface area contributed by atoms with Gasteiger partial charge in [-0.2, -0.15) is 10.4 Å². The van der Waals surface area contributed by atoms with Gasteiger partial charge in [0.25, 0.3) is 9.05 Å². The van der Waals surface area contributed by atoms with Crippen LogP contribution in [-0.4, -0.2) is 18.2 Å². The Morgan fingerprint density at radius 2 is 2.16 bits per heavy atom. The molecule has 1 aromatic heterocycles. The fraction of sp³-hybridized carbons (Fsp3) is 0.0909. The molecular formula is C11H7BrClN3O2S. The van der Waals surface area contributed by atoms with Crippen LogP contribution in [-0.2, 0) is 9.05 Å². The quantitative estimate of drug-likeness (QED) is 0.772. The molecule has 0 N–H and O–H groups in total. The van der Waals surface area contributed by atoms with Crippen molar-refractivity contribution < 1.29 is 8.42 Å². The van der Waals surface area contributed by atoms with E-state index in [0.29, 0.717) is 11.4 Å². The lowest BCUT2D eigenvalue weighted by molar-refractivity contribution is 0.599. The first-order chi connectivity index (χ1) is 8.84. The lowest BCUT2D eigenvalue weighted by Crippen LogP contribution is -2.05. The van der Waals surface area contributed by atoms with E-state index in [1.807, 2.05) is 6.07 Å². The summed E-state index contributed by atoms with van der Waals surface area (Å²) in [6, 6.07) is 8.69. The average molecular weight is 361 g/mol. The van der Waals surface area contributed by atoms with Crippen LogP contribution in [0.1, 0.15) is 11.3 Å². The number of benzene rings is 1. The third-order valence-electron chi connectivity index (χ3n) is 2.41. The number of hydrogen-bond donors (Lipinski definition) is 0. The van der Waals surface area contributed by atoms with Crippen molar-refractivity contribution in [1.82, 2.24) is 9.78 Å². The van der Waals surface area contributed by atoms with Crippen LogP contribution in [0, 0.1) is 18.3 Å². The fourth-order valence-electron chi connectivity index (χ4n) is 1.64. The molecule has 0 amide bonds. The maximum Gasteiger partial charge on any atom is 0.280 e. The number of nitrogens with zero attached hydrogens (tertiary/aromatic N) is 3. The highest BCUT2D eigenvalue weighted by Crippen LogP contribution is 2.26. The van der Waals surface area contributed by atoms with Crippen LogP contribution in [0.3, 0.4) is 0 Å². The van der Waals surface area contributed by atoms with Gasteiger partial charge in [0, 0.05) is 15.2 Å². The summed E-state index contributed by atoms with van der Waals surface area (Å²) in [5.74, 6) is 0. The molecule has 0 aliphatic carbocycles. The smallest absolute Gasteiger partial charge is 0.219 e. The Morgan fingerprint density at radius 3 is 2.68 bits per heavy atom. The topological polar surface area (TPSA) is 75.8 Å². The van der Waals surface area contributed by atoms with E-state index < -0.39 is 9.05 Å². The molecule has 0 aliphatic rings. The third kappa shape index (κ3) is 2.66. The number of aryl methyl sites for hydroxylation is 1. The Labute approximate surface area is 123 Å². The highest BCUT2D eigenvalue weighted by atomic mass is 79.9. The van der Waals surface area contributed by atoms with E-state index in [2.05, 4.69) is 21.0 Å². The number of aromatic nitrogens is 2. The Balaban J connectivity index is 2.83. The van der Waals surface area contributed by atoms with Crippen LogP contribution in [0.5, 0.6) is 0 Å². The molecule has 0 saturated carbocycles. The van der Waals surface area contributed by atoms with Gasteiger partial charge in [-0.1, -0.05) is 22.0 Å². The number of nitriles is 1. The van der Waals surface area contributed by atoms with Crippen LogP contribution < -0.4 is 0 Å². The zero-order chi connectivity index (χ0) is 14.2. The monoisotopic (exact) mass is 359 g/mol. The van der Waals surface area contributed by atoms with Crippen LogP contribution in [0.25, 0.3) is 5.69 Å². The van der Waals surface area contributed by atoms with Gasteiger partial charge >= 0.3 is 0 Å². The Kier molecular flexibility index (Phi) is 3.67. The van der Waals surface area contributed by atoms with Crippen molar-refractivity contribution in [2.75, 3.05) is 0 Å². The molecule has 1 heterocycles. The first kappa shape index (κ1) is 14.1. The summed E-state index contributed by atoms with van der Waals surface area (Å²) in [4.78, 5) is 0. The summed E-state index contributed by atoms with van der Waals surface area (Å²) in [7, 11) is 1.32. The molecular weight excluding hydrogens is 354 g/mol. The normalized spacial score (nSPS) is 11.3. The van der Waals surface area contributed by atoms with E-state index in [0.717, 1.165) is 9.15 Å². The zero-order valence-corrected chi connectivity index (χ0v) is 12.8. The van der Waals surface area contributed by atoms with Gasteiger partial charge in [0.15, 0.2) is 5.03 Å². The molecule has 8 heteroatoms. The molecule has 0 radical (unpaired) electrons. The lowest BCUT2D eigenvalue weighted by atomic mass is 10.3. The minimum Gasteiger partial charge on any atom is -0.219 e. The number of rotatable bonds is 2. The van der Waals surface area contributed by atoms with Crippen molar-refractivity contribution in [2.45, 2.75) is 11.9 Å². The largest absolute Gasteiger partial charge is 0.280 e. The Hall–Kier alpha value is -1.36. The first-order valence-corrected chi connectivity index (χ1v) is 8.15. The summed E-state index contributed by atoms with van der Waals surface area (Å²) in [6.07, 6.45) is 0. The van der Waals surface area contributed by atoms with Crippen molar-refractivity contribution in [3.63, 3.8) is 0 Å². The minimum atomic E-state index is -4.08. The summed E-state index contributed by atoms with van der Waals surface area (Å²) >= 11 is 3.29. The van der Waals surface area contributed by atoms with Crippen molar-refractivity contribution in [3.8, 4) is 11.8 Å². The second kappa shape index (κ2) is 4.96. The molecule has 0 spiro atoms. The molecule has 98 valence electrons. The molecule has 19 heavy (non-hydrogen) atoms. The van der Waals surface area contributed by atoms with E-state index in [1.165, 1.54) is 0 Å². The second-order valence-electron chi connectivity index (χ2n) is 3.71. The highest BCUT2D eigenvalue weighted by Gasteiger charge is 2.26. The van der Waals surface area contributed by atoms with Crippen LogP contribution >= 0.6 is 26.6 Å². The first-order valence-electron chi connectivity index (χ1n) is 5.05. The van der Waals surface area contributed by atoms with E-state index in [9.17, 15) is 8.42 Å². The van der Waals surface area contributed by atoms with E-state index >= 15 is 0 Å². The summed E-state index contributed by atoms with van der Waals surface area (Å²) in [5, 5.41) is 12.8. The predicted molar refractivity (Wildman–Crippen MR) is 73.8 cm³/mol. The average Bonchev–Trinajstić information content (AvgIpc) is 2.66. The predicted octanol–water partition coefficient (Wildman–Crippen LogP) is 2.74. The molecule has 0 unspecified atom stereocenters. The van der Waals surface area contributed by atoms with E-state index in [1.54, 1.807) is 31.2 Å². The van der Waals surface area contributed by atoms with E-state index in [4.69, 9.17) is 15.9 Å². The molecule has 5 nitrogen and oxygen atoms in total. The standard InChI is InChI=1S/C11H7BrClN3O2S/c1-7-10(6-14)11(19(13,17)18)16(15-7)9-4-2-3-8(12)5-9/h2-5H,1H3. The Morgan fingerprint density at radius 1 is 1.47 bits per heavy atom. The van der Waals surface area contributed by atoms with Crippen molar-refractivity contribution >= 4 is 35.7 Å². The second-order valence-corrected chi connectivity index (χ2v) is 7.10. The SMILES string of the molecule is Cc1nn(-c2cccc(Br)c2)c(S(=O)(=O)Cl)c1C#N. The molecule has 0 fully saturated rings. The van der Waals surface area contributed by atoms with Crippen molar-refractivity contribution in [2.24, 2.45) is 0 Å². The van der Waals surface area contributed by atoms with Crippen LogP contribution in [0.2, 0.25) is 0 Å². The summed E-state index contributed by atoms with van der Waals surface area (Å²) in [5.41, 5.74) is 0.759. The van der Waals surface area contributed by atoms with Crippen LogP contribution in [0.15, 0.2) is 33.8 Å². The zero-order valence-electron chi connectivity index (χ0n) is 9.63. The van der Waals surface area contributed by atoms with Gasteiger partial charge in [0.05, 0.1) is 11.4 Å². The van der Waals surface area contributed by atoms with Gasteiger partial charge in [-0.05, 0) is 25.1 Å². The summed E-state index contributed by atoms with van der Waals surface area (Å²) in [6.45, 7) is 1.55. The van der Waals surface area contributed by atoms with Gasteiger partial charge in [0.1, 0.15) is 11.6 Å². The number of hydrogen-bond acceptors (Lipinski definition) is 4. The maximum absolute atomic E-state index is 11.6. The van der Waals surface area contributed by atoms with E-state index in [-0.39, 0.29) is 10.6 Å². The van der Waals surface area contributed by atoms with Crippen molar-refractivity contribution in [1.29, 1.82) is 5.26 Å². The molecule has 1 aromatic carbocycles. The lowest BCUT2D eigenvalue weighted by Gasteiger charge is -2.05. The highest BCUT2D eigenvalue weighted by molar-refractivity contribution is 9.10. The fourth-order valence-corrected chi connectivity index (χ4v) is 3.25. The maximum atomic E-state index is 11.6. The molecule has 0 aliphatic heterocycles. The molecule has 2 aromatic rings. The third-order valence-corrected chi connectivity index (χ3v) is 4.18. The molecule has 0 atom stereocenters. The minimum absolute atomic E-state index is 0.0463. The summed E-state index contributed by atoms with van der Waals surface area (Å²) < 4.78 is 25.2. The van der Waals surface area contributed by atoms with Gasteiger partial charge < -0.3 is 0 Å². The van der Waals surface area contributed by atoms with Gasteiger partial charge in [-0.15, -0.1) is 0 Å².